The minimum Gasteiger partial charge on any atom is -0.325 e. The van der Waals surface area contributed by atoms with Crippen LogP contribution in [-0.2, 0) is 4.79 Å². The van der Waals surface area contributed by atoms with Crippen molar-refractivity contribution in [2.45, 2.75) is 19.9 Å². The van der Waals surface area contributed by atoms with Gasteiger partial charge >= 0.3 is 0 Å². The summed E-state index contributed by atoms with van der Waals surface area (Å²) in [5, 5.41) is 0. The van der Waals surface area contributed by atoms with Crippen molar-refractivity contribution in [1.82, 2.24) is 4.90 Å². The molecule has 0 radical (unpaired) electrons. The van der Waals surface area contributed by atoms with Crippen molar-refractivity contribution < 1.29 is 14.0 Å². The van der Waals surface area contributed by atoms with Crippen molar-refractivity contribution in [3.05, 3.63) is 65.5 Å². The second-order valence-corrected chi connectivity index (χ2v) is 6.01. The van der Waals surface area contributed by atoms with Gasteiger partial charge in [0, 0.05) is 24.3 Å². The first-order valence-corrected chi connectivity index (χ1v) is 7.92. The average molecular weight is 326 g/mol. The largest absolute Gasteiger partial charge is 0.325 e. The summed E-state index contributed by atoms with van der Waals surface area (Å²) in [6, 6.07) is 12.6. The molecule has 2 aromatic carbocycles. The molecule has 0 unspecified atom stereocenters. The van der Waals surface area contributed by atoms with Crippen LogP contribution in [0.2, 0.25) is 0 Å². The third-order valence-electron chi connectivity index (χ3n) is 4.35. The molecule has 1 aliphatic heterocycles. The van der Waals surface area contributed by atoms with Crippen molar-refractivity contribution in [3.63, 3.8) is 0 Å². The Morgan fingerprint density at radius 2 is 1.67 bits per heavy atom. The number of aryl methyl sites for hydroxylation is 1. The second kappa shape index (κ2) is 6.43. The molecular weight excluding hydrogens is 307 g/mol. The van der Waals surface area contributed by atoms with Gasteiger partial charge in [0.1, 0.15) is 11.9 Å². The van der Waals surface area contributed by atoms with Crippen LogP contribution < -0.4 is 4.90 Å². The van der Waals surface area contributed by atoms with E-state index in [1.165, 1.54) is 12.1 Å². The zero-order valence-corrected chi connectivity index (χ0v) is 13.7. The van der Waals surface area contributed by atoms with Crippen LogP contribution in [0.3, 0.4) is 0 Å². The Labute approximate surface area is 140 Å². The normalized spacial score (nSPS) is 18.0. The molecule has 1 aliphatic rings. The van der Waals surface area contributed by atoms with Crippen LogP contribution >= 0.6 is 0 Å². The summed E-state index contributed by atoms with van der Waals surface area (Å²) in [6.07, 6.45) is 0. The maximum absolute atomic E-state index is 13.1. The van der Waals surface area contributed by atoms with Gasteiger partial charge < -0.3 is 9.80 Å². The lowest BCUT2D eigenvalue weighted by atomic mass is 10.1. The minimum absolute atomic E-state index is 0.144. The number of amides is 2. The Balaban J connectivity index is 1.78. The Bertz CT molecular complexity index is 756. The number of rotatable bonds is 2. The first-order valence-electron chi connectivity index (χ1n) is 7.92. The molecule has 0 N–H and O–H groups in total. The predicted molar refractivity (Wildman–Crippen MR) is 90.4 cm³/mol. The summed E-state index contributed by atoms with van der Waals surface area (Å²) in [5.74, 6) is -0.643. The summed E-state index contributed by atoms with van der Waals surface area (Å²) in [4.78, 5) is 28.5. The van der Waals surface area contributed by atoms with Gasteiger partial charge in [-0.2, -0.15) is 0 Å². The van der Waals surface area contributed by atoms with E-state index >= 15 is 0 Å². The second-order valence-electron chi connectivity index (χ2n) is 6.01. The van der Waals surface area contributed by atoms with E-state index in [9.17, 15) is 14.0 Å². The number of halogens is 1. The van der Waals surface area contributed by atoms with E-state index in [1.54, 1.807) is 41.0 Å². The van der Waals surface area contributed by atoms with Crippen molar-refractivity contribution in [1.29, 1.82) is 0 Å². The quantitative estimate of drug-likeness (QED) is 0.851. The molecule has 0 aromatic heterocycles. The molecule has 5 heteroatoms. The maximum Gasteiger partial charge on any atom is 0.254 e. The third kappa shape index (κ3) is 3.02. The van der Waals surface area contributed by atoms with Crippen LogP contribution in [-0.4, -0.2) is 35.8 Å². The van der Waals surface area contributed by atoms with Gasteiger partial charge in [0.05, 0.1) is 0 Å². The van der Waals surface area contributed by atoms with Crippen LogP contribution in [0.15, 0.2) is 48.5 Å². The summed E-state index contributed by atoms with van der Waals surface area (Å²) < 4.78 is 13.1. The van der Waals surface area contributed by atoms with Gasteiger partial charge in [-0.25, -0.2) is 4.39 Å². The molecule has 0 bridgehead atoms. The summed E-state index contributed by atoms with van der Waals surface area (Å²) >= 11 is 0. The Kier molecular flexibility index (Phi) is 4.34. The molecule has 4 nitrogen and oxygen atoms in total. The fraction of sp³-hybridized carbons (Fsp3) is 0.263. The summed E-state index contributed by atoms with van der Waals surface area (Å²) in [5.41, 5.74) is 2.31. The third-order valence-corrected chi connectivity index (χ3v) is 4.35. The van der Waals surface area contributed by atoms with Gasteiger partial charge in [0.15, 0.2) is 0 Å². The fourth-order valence-corrected chi connectivity index (χ4v) is 2.89. The van der Waals surface area contributed by atoms with E-state index < -0.39 is 6.04 Å². The molecule has 1 fully saturated rings. The van der Waals surface area contributed by atoms with Gasteiger partial charge in [-0.3, -0.25) is 9.59 Å². The highest BCUT2D eigenvalue weighted by Gasteiger charge is 2.35. The fourth-order valence-electron chi connectivity index (χ4n) is 2.89. The van der Waals surface area contributed by atoms with Crippen LogP contribution in [0.25, 0.3) is 0 Å². The number of benzene rings is 2. The summed E-state index contributed by atoms with van der Waals surface area (Å²) in [6.45, 7) is 4.52. The molecule has 0 saturated carbocycles. The van der Waals surface area contributed by atoms with E-state index in [0.717, 1.165) is 5.56 Å². The smallest absolute Gasteiger partial charge is 0.254 e. The number of piperazine rings is 1. The predicted octanol–water partition coefficient (Wildman–Crippen LogP) is 3.01. The van der Waals surface area contributed by atoms with E-state index in [-0.39, 0.29) is 17.6 Å². The highest BCUT2D eigenvalue weighted by atomic mass is 19.1. The molecule has 1 saturated heterocycles. The Morgan fingerprint density at radius 1 is 1.04 bits per heavy atom. The molecule has 3 rings (SSSR count). The lowest BCUT2D eigenvalue weighted by Gasteiger charge is -2.39. The minimum atomic E-state index is -0.558. The lowest BCUT2D eigenvalue weighted by Crippen LogP contribution is -2.57. The van der Waals surface area contributed by atoms with Crippen molar-refractivity contribution in [2.75, 3.05) is 18.0 Å². The van der Waals surface area contributed by atoms with Gasteiger partial charge in [-0.1, -0.05) is 17.7 Å². The first kappa shape index (κ1) is 16.2. The first-order chi connectivity index (χ1) is 11.5. The molecule has 124 valence electrons. The van der Waals surface area contributed by atoms with E-state index in [2.05, 4.69) is 0 Å². The van der Waals surface area contributed by atoms with Crippen LogP contribution in [0.1, 0.15) is 22.8 Å². The van der Waals surface area contributed by atoms with E-state index in [1.807, 2.05) is 19.1 Å². The van der Waals surface area contributed by atoms with Crippen molar-refractivity contribution in [2.24, 2.45) is 0 Å². The monoisotopic (exact) mass is 326 g/mol. The number of carbonyl (C=O) groups is 2. The zero-order valence-electron chi connectivity index (χ0n) is 13.7. The number of nitrogens with zero attached hydrogens (tertiary/aromatic N) is 2. The Hall–Kier alpha value is -2.69. The van der Waals surface area contributed by atoms with E-state index in [0.29, 0.717) is 24.3 Å². The van der Waals surface area contributed by atoms with Crippen LogP contribution in [0.4, 0.5) is 10.1 Å². The highest BCUT2D eigenvalue weighted by Crippen LogP contribution is 2.22. The molecule has 2 amide bonds. The van der Waals surface area contributed by atoms with Crippen molar-refractivity contribution >= 4 is 17.5 Å². The maximum atomic E-state index is 13.1. The van der Waals surface area contributed by atoms with Gasteiger partial charge in [0.25, 0.3) is 5.91 Å². The number of anilines is 1. The molecule has 1 atom stereocenters. The van der Waals surface area contributed by atoms with Gasteiger partial charge in [0.2, 0.25) is 5.91 Å². The number of hydrogen-bond donors (Lipinski definition) is 0. The van der Waals surface area contributed by atoms with E-state index in [4.69, 9.17) is 0 Å². The molecule has 0 aliphatic carbocycles. The standard InChI is InChI=1S/C19H19FN2O2/c1-13-3-5-15(6-4-13)19(24)21-11-12-22(18(23)14(21)2)17-9-7-16(20)8-10-17/h3-10,14H,11-12H2,1-2H3/t14-/m0/s1. The lowest BCUT2D eigenvalue weighted by molar-refractivity contribution is -0.124. The number of hydrogen-bond acceptors (Lipinski definition) is 2. The zero-order chi connectivity index (χ0) is 17.3. The van der Waals surface area contributed by atoms with Crippen LogP contribution in [0.5, 0.6) is 0 Å². The molecule has 24 heavy (non-hydrogen) atoms. The van der Waals surface area contributed by atoms with Gasteiger partial charge in [-0.15, -0.1) is 0 Å². The summed E-state index contributed by atoms with van der Waals surface area (Å²) in [7, 11) is 0. The van der Waals surface area contributed by atoms with Crippen LogP contribution in [0, 0.1) is 12.7 Å². The van der Waals surface area contributed by atoms with Gasteiger partial charge in [-0.05, 0) is 50.2 Å². The molecule has 2 aromatic rings. The molecule has 1 heterocycles. The topological polar surface area (TPSA) is 40.6 Å². The SMILES string of the molecule is Cc1ccc(C(=O)N2CCN(c3ccc(F)cc3)C(=O)[C@@H]2C)cc1. The molecule has 0 spiro atoms. The number of carbonyl (C=O) groups excluding carboxylic acids is 2. The van der Waals surface area contributed by atoms with Crippen molar-refractivity contribution in [3.8, 4) is 0 Å². The highest BCUT2D eigenvalue weighted by molar-refractivity contribution is 6.03. The average Bonchev–Trinajstić information content (AvgIpc) is 2.58. The molecular formula is C19H19FN2O2. The Morgan fingerprint density at radius 3 is 2.29 bits per heavy atom.